The summed E-state index contributed by atoms with van der Waals surface area (Å²) in [5, 5.41) is 3.06. The fourth-order valence-electron chi connectivity index (χ4n) is 3.30. The number of amides is 1. The van der Waals surface area contributed by atoms with Crippen molar-refractivity contribution >= 4 is 11.6 Å². The van der Waals surface area contributed by atoms with Gasteiger partial charge in [-0.3, -0.25) is 9.69 Å². The second-order valence-electron chi connectivity index (χ2n) is 7.13. The van der Waals surface area contributed by atoms with E-state index < -0.39 is 6.04 Å². The number of halogens is 1. The van der Waals surface area contributed by atoms with E-state index in [4.69, 9.17) is 0 Å². The average molecular weight is 376 g/mol. The number of hydrogen-bond donors (Lipinski definition) is 1. The lowest BCUT2D eigenvalue weighted by Gasteiger charge is -2.28. The summed E-state index contributed by atoms with van der Waals surface area (Å²) in [6.07, 6.45) is 0. The largest absolute Gasteiger partial charge is 0.324 e. The second-order valence-corrected chi connectivity index (χ2v) is 7.13. The van der Waals surface area contributed by atoms with Gasteiger partial charge < -0.3 is 5.32 Å². The fourth-order valence-corrected chi connectivity index (χ4v) is 3.30. The molecule has 0 heterocycles. The van der Waals surface area contributed by atoms with E-state index in [1.807, 2.05) is 74.3 Å². The average Bonchev–Trinajstić information content (AvgIpc) is 2.67. The summed E-state index contributed by atoms with van der Waals surface area (Å²) in [7, 11) is 1.84. The van der Waals surface area contributed by atoms with Crippen molar-refractivity contribution in [2.75, 3.05) is 12.4 Å². The smallest absolute Gasteiger partial charge is 0.246 e. The third kappa shape index (κ3) is 4.65. The Morgan fingerprint density at radius 2 is 1.68 bits per heavy atom. The molecule has 0 spiro atoms. The van der Waals surface area contributed by atoms with E-state index in [1.54, 1.807) is 18.2 Å². The molecule has 0 radical (unpaired) electrons. The van der Waals surface area contributed by atoms with Crippen LogP contribution >= 0.6 is 0 Å². The van der Waals surface area contributed by atoms with Gasteiger partial charge >= 0.3 is 0 Å². The Labute approximate surface area is 165 Å². The van der Waals surface area contributed by atoms with E-state index in [1.165, 1.54) is 6.07 Å². The van der Waals surface area contributed by atoms with Crippen LogP contribution < -0.4 is 5.32 Å². The van der Waals surface area contributed by atoms with Gasteiger partial charge in [0.2, 0.25) is 5.91 Å². The van der Waals surface area contributed by atoms with E-state index in [2.05, 4.69) is 5.32 Å². The highest BCUT2D eigenvalue weighted by Crippen LogP contribution is 2.25. The summed E-state index contributed by atoms with van der Waals surface area (Å²) in [6, 6.07) is 21.7. The first-order chi connectivity index (χ1) is 13.5. The Kier molecular flexibility index (Phi) is 6.22. The van der Waals surface area contributed by atoms with Gasteiger partial charge in [0.05, 0.1) is 0 Å². The maximum Gasteiger partial charge on any atom is 0.246 e. The maximum atomic E-state index is 14.1. The lowest BCUT2D eigenvalue weighted by atomic mass is 10.0. The van der Waals surface area contributed by atoms with Crippen LogP contribution in [0.2, 0.25) is 0 Å². The monoisotopic (exact) mass is 376 g/mol. The number of hydrogen-bond acceptors (Lipinski definition) is 2. The zero-order valence-corrected chi connectivity index (χ0v) is 16.4. The third-order valence-corrected chi connectivity index (χ3v) is 4.83. The van der Waals surface area contributed by atoms with E-state index in [0.29, 0.717) is 12.1 Å². The number of likely N-dealkylation sites (N-methyl/N-ethyl adjacent to an activating group) is 1. The Balaban J connectivity index is 1.89. The van der Waals surface area contributed by atoms with Crippen molar-refractivity contribution in [2.24, 2.45) is 0 Å². The standard InChI is InChI=1S/C24H25FN2O/c1-17-13-14-18(2)22(15-17)26-24(28)23(19-9-5-4-6-10-19)27(3)16-20-11-7-8-12-21(20)25/h4-15,23H,16H2,1-3H3,(H,26,28)/t23-/m0/s1. The number of nitrogens with zero attached hydrogens (tertiary/aromatic N) is 1. The summed E-state index contributed by atoms with van der Waals surface area (Å²) in [5.41, 5.74) is 4.30. The van der Waals surface area contributed by atoms with E-state index >= 15 is 0 Å². The minimum Gasteiger partial charge on any atom is -0.324 e. The van der Waals surface area contributed by atoms with Gasteiger partial charge in [-0.2, -0.15) is 0 Å². The van der Waals surface area contributed by atoms with Gasteiger partial charge in [0.1, 0.15) is 11.9 Å². The molecule has 0 fully saturated rings. The number of carbonyl (C=O) groups excluding carboxylic acids is 1. The van der Waals surface area contributed by atoms with Crippen LogP contribution in [0.3, 0.4) is 0 Å². The van der Waals surface area contributed by atoms with Crippen molar-refractivity contribution in [1.82, 2.24) is 4.90 Å². The molecule has 3 rings (SSSR count). The van der Waals surface area contributed by atoms with Gasteiger partial charge in [0.25, 0.3) is 0 Å². The number of anilines is 1. The molecule has 1 N–H and O–H groups in total. The van der Waals surface area contributed by atoms with Gasteiger partial charge in [0.15, 0.2) is 0 Å². The first kappa shape index (κ1) is 19.8. The van der Waals surface area contributed by atoms with Gasteiger partial charge in [0, 0.05) is 17.8 Å². The number of carbonyl (C=O) groups is 1. The van der Waals surface area contributed by atoms with Crippen molar-refractivity contribution in [3.8, 4) is 0 Å². The normalized spacial score (nSPS) is 12.0. The van der Waals surface area contributed by atoms with Crippen LogP contribution in [-0.2, 0) is 11.3 Å². The van der Waals surface area contributed by atoms with Crippen LogP contribution in [0.15, 0.2) is 72.8 Å². The lowest BCUT2D eigenvalue weighted by molar-refractivity contribution is -0.121. The molecule has 3 aromatic carbocycles. The summed E-state index contributed by atoms with van der Waals surface area (Å²) >= 11 is 0. The van der Waals surface area contributed by atoms with Gasteiger partial charge in [-0.25, -0.2) is 4.39 Å². The summed E-state index contributed by atoms with van der Waals surface area (Å²) in [4.78, 5) is 15.1. The number of nitrogens with one attached hydrogen (secondary N) is 1. The van der Waals surface area contributed by atoms with E-state index in [0.717, 1.165) is 22.4 Å². The molecule has 3 aromatic rings. The summed E-state index contributed by atoms with van der Waals surface area (Å²) in [5.74, 6) is -0.408. The van der Waals surface area contributed by atoms with Crippen LogP contribution in [0, 0.1) is 19.7 Å². The van der Waals surface area contributed by atoms with Crippen LogP contribution in [0.4, 0.5) is 10.1 Å². The lowest BCUT2D eigenvalue weighted by Crippen LogP contribution is -2.34. The Bertz CT molecular complexity index is 956. The molecule has 0 aromatic heterocycles. The molecule has 0 aliphatic rings. The molecule has 3 nitrogen and oxygen atoms in total. The SMILES string of the molecule is Cc1ccc(C)c(NC(=O)[C@H](c2ccccc2)N(C)Cc2ccccc2F)c1. The maximum absolute atomic E-state index is 14.1. The predicted molar refractivity (Wildman–Crippen MR) is 112 cm³/mol. The van der Waals surface area contributed by atoms with Crippen molar-refractivity contribution in [3.63, 3.8) is 0 Å². The first-order valence-electron chi connectivity index (χ1n) is 9.32. The molecule has 144 valence electrons. The minimum absolute atomic E-state index is 0.140. The van der Waals surface area contributed by atoms with Crippen LogP contribution in [-0.4, -0.2) is 17.9 Å². The fraction of sp³-hybridized carbons (Fsp3) is 0.208. The number of rotatable bonds is 6. The van der Waals surface area contributed by atoms with Gasteiger partial charge in [-0.15, -0.1) is 0 Å². The van der Waals surface area contributed by atoms with Crippen LogP contribution in [0.25, 0.3) is 0 Å². The molecular formula is C24H25FN2O. The highest BCUT2D eigenvalue weighted by atomic mass is 19.1. The zero-order valence-electron chi connectivity index (χ0n) is 16.4. The Morgan fingerprint density at radius 3 is 2.39 bits per heavy atom. The second kappa shape index (κ2) is 8.81. The molecule has 0 bridgehead atoms. The highest BCUT2D eigenvalue weighted by molar-refractivity contribution is 5.96. The molecule has 0 saturated carbocycles. The van der Waals surface area contributed by atoms with Crippen molar-refractivity contribution in [3.05, 3.63) is 101 Å². The molecule has 1 amide bonds. The molecule has 0 unspecified atom stereocenters. The third-order valence-electron chi connectivity index (χ3n) is 4.83. The Morgan fingerprint density at radius 1 is 1.00 bits per heavy atom. The van der Waals surface area contributed by atoms with E-state index in [-0.39, 0.29) is 11.7 Å². The molecule has 28 heavy (non-hydrogen) atoms. The molecule has 0 aliphatic carbocycles. The van der Waals surface area contributed by atoms with Crippen molar-refractivity contribution in [2.45, 2.75) is 26.4 Å². The zero-order chi connectivity index (χ0) is 20.1. The first-order valence-corrected chi connectivity index (χ1v) is 9.32. The molecular weight excluding hydrogens is 351 g/mol. The van der Waals surface area contributed by atoms with Gasteiger partial charge in [-0.1, -0.05) is 60.7 Å². The van der Waals surface area contributed by atoms with Crippen molar-refractivity contribution < 1.29 is 9.18 Å². The van der Waals surface area contributed by atoms with Gasteiger partial charge in [-0.05, 0) is 49.7 Å². The Hall–Kier alpha value is -2.98. The minimum atomic E-state index is -0.541. The molecule has 0 aliphatic heterocycles. The molecule has 0 saturated heterocycles. The van der Waals surface area contributed by atoms with Crippen molar-refractivity contribution in [1.29, 1.82) is 0 Å². The molecule has 4 heteroatoms. The summed E-state index contributed by atoms with van der Waals surface area (Å²) in [6.45, 7) is 4.29. The van der Waals surface area contributed by atoms with Crippen LogP contribution in [0.5, 0.6) is 0 Å². The number of aryl methyl sites for hydroxylation is 2. The van der Waals surface area contributed by atoms with E-state index in [9.17, 15) is 9.18 Å². The highest BCUT2D eigenvalue weighted by Gasteiger charge is 2.26. The summed E-state index contributed by atoms with van der Waals surface area (Å²) < 4.78 is 14.1. The van der Waals surface area contributed by atoms with Crippen LogP contribution in [0.1, 0.15) is 28.3 Å². The number of benzene rings is 3. The molecule has 1 atom stereocenters. The topological polar surface area (TPSA) is 32.3 Å². The quantitative estimate of drug-likeness (QED) is 0.637. The predicted octanol–water partition coefficient (Wildman–Crippen LogP) is 5.25.